The van der Waals surface area contributed by atoms with Crippen molar-refractivity contribution in [2.45, 2.75) is 0 Å². The van der Waals surface area contributed by atoms with Crippen LogP contribution in [0.2, 0.25) is 25.1 Å². The molecule has 0 saturated heterocycles. The Morgan fingerprint density at radius 3 is 2.29 bits per heavy atom. The average molecular weight is 523 g/mol. The molecule has 3 rings (SSSR count). The van der Waals surface area contributed by atoms with E-state index in [1.54, 1.807) is 6.07 Å². The van der Waals surface area contributed by atoms with E-state index in [9.17, 15) is 14.0 Å². The third-order valence-electron chi connectivity index (χ3n) is 3.82. The Morgan fingerprint density at radius 2 is 1.58 bits per heavy atom. The van der Waals surface area contributed by atoms with E-state index in [4.69, 9.17) is 62.7 Å². The van der Waals surface area contributed by atoms with Gasteiger partial charge in [0.1, 0.15) is 16.6 Å². The topological polar surface area (TPSA) is 67.4 Å². The number of ether oxygens (including phenoxy) is 1. The Hall–Kier alpha value is -2.22. The van der Waals surface area contributed by atoms with Gasteiger partial charge in [0.2, 0.25) is 0 Å². The molecule has 0 radical (unpaired) electrons. The Morgan fingerprint density at radius 1 is 0.871 bits per heavy atom. The number of nitrogens with one attached hydrogen (secondary N) is 2. The summed E-state index contributed by atoms with van der Waals surface area (Å²) in [6.45, 7) is 0. The number of carbonyl (C=O) groups is 2. The van der Waals surface area contributed by atoms with Gasteiger partial charge in [0.25, 0.3) is 5.91 Å². The lowest BCUT2D eigenvalue weighted by molar-refractivity contribution is 0.0963. The summed E-state index contributed by atoms with van der Waals surface area (Å²) in [5, 5.41) is 4.67. The molecule has 0 aliphatic carbocycles. The monoisotopic (exact) mass is 520 g/mol. The first-order chi connectivity index (χ1) is 14.7. The van der Waals surface area contributed by atoms with Crippen molar-refractivity contribution in [2.24, 2.45) is 0 Å². The van der Waals surface area contributed by atoms with Gasteiger partial charge in [0.15, 0.2) is 5.75 Å². The van der Waals surface area contributed by atoms with Crippen LogP contribution in [0.3, 0.4) is 0 Å². The zero-order valence-corrected chi connectivity index (χ0v) is 18.9. The van der Waals surface area contributed by atoms with Gasteiger partial charge in [0, 0.05) is 11.1 Å². The fraction of sp³-hybridized carbons (Fsp3) is 0. The van der Waals surface area contributed by atoms with Gasteiger partial charge in [-0.2, -0.15) is 0 Å². The largest absolute Gasteiger partial charge is 0.453 e. The second-order valence-electron chi connectivity index (χ2n) is 5.93. The van der Waals surface area contributed by atoms with E-state index in [0.29, 0.717) is 5.02 Å². The van der Waals surface area contributed by atoms with Crippen molar-refractivity contribution in [3.8, 4) is 11.5 Å². The van der Waals surface area contributed by atoms with Gasteiger partial charge in [-0.05, 0) is 30.3 Å². The van der Waals surface area contributed by atoms with Crippen molar-refractivity contribution in [1.29, 1.82) is 0 Å². The molecule has 0 aromatic heterocycles. The normalized spacial score (nSPS) is 10.5. The molecule has 0 saturated carbocycles. The van der Waals surface area contributed by atoms with Gasteiger partial charge in [-0.25, -0.2) is 9.18 Å². The maximum Gasteiger partial charge on any atom is 0.326 e. The summed E-state index contributed by atoms with van der Waals surface area (Å²) < 4.78 is 19.3. The van der Waals surface area contributed by atoms with E-state index in [2.05, 4.69) is 5.32 Å². The summed E-state index contributed by atoms with van der Waals surface area (Å²) in [4.78, 5) is 24.2. The Balaban J connectivity index is 1.80. The molecular formula is C20H10Cl5FN2O3. The summed E-state index contributed by atoms with van der Waals surface area (Å²) in [6.07, 6.45) is 0. The van der Waals surface area contributed by atoms with Gasteiger partial charge in [-0.1, -0.05) is 70.1 Å². The first-order valence-electron chi connectivity index (χ1n) is 8.34. The van der Waals surface area contributed by atoms with Gasteiger partial charge in [-0.3, -0.25) is 10.1 Å². The standard InChI is InChI=1S/C20H10Cl5FN2O3/c21-9-5-6-11(22)15(7-9)31-18-12(23)8-14(16(24)17(18)25)27-20(30)28-19(29)10-3-1-2-4-13(10)26/h1-8H,(H2,27,28,29,30). The number of imide groups is 1. The van der Waals surface area contributed by atoms with Crippen LogP contribution >= 0.6 is 58.0 Å². The van der Waals surface area contributed by atoms with Crippen molar-refractivity contribution in [3.63, 3.8) is 0 Å². The van der Waals surface area contributed by atoms with E-state index >= 15 is 0 Å². The molecule has 3 aromatic carbocycles. The fourth-order valence-electron chi connectivity index (χ4n) is 2.40. The quantitative estimate of drug-likeness (QED) is 0.343. The molecule has 0 aliphatic rings. The van der Waals surface area contributed by atoms with Gasteiger partial charge in [0.05, 0.1) is 26.3 Å². The SMILES string of the molecule is O=C(NC(=O)c1ccccc1F)Nc1cc(Cl)c(Oc2cc(Cl)ccc2Cl)c(Cl)c1Cl. The molecule has 2 N–H and O–H groups in total. The first kappa shape index (κ1) is 23.4. The molecule has 0 heterocycles. The van der Waals surface area contributed by atoms with E-state index in [0.717, 1.165) is 6.07 Å². The van der Waals surface area contributed by atoms with Gasteiger partial charge < -0.3 is 10.1 Å². The summed E-state index contributed by atoms with van der Waals surface area (Å²) in [7, 11) is 0. The molecule has 31 heavy (non-hydrogen) atoms. The Kier molecular flexibility index (Phi) is 7.51. The van der Waals surface area contributed by atoms with Crippen molar-refractivity contribution < 1.29 is 18.7 Å². The highest BCUT2D eigenvalue weighted by Crippen LogP contribution is 2.46. The molecule has 0 aliphatic heterocycles. The van der Waals surface area contributed by atoms with Crippen molar-refractivity contribution in [1.82, 2.24) is 5.32 Å². The molecule has 160 valence electrons. The molecule has 0 atom stereocenters. The number of benzene rings is 3. The number of rotatable bonds is 4. The van der Waals surface area contributed by atoms with E-state index in [1.165, 1.54) is 36.4 Å². The number of hydrogen-bond donors (Lipinski definition) is 2. The van der Waals surface area contributed by atoms with Crippen LogP contribution < -0.4 is 15.4 Å². The summed E-state index contributed by atoms with van der Waals surface area (Å²) in [5.41, 5.74) is -0.318. The second-order valence-corrected chi connectivity index (χ2v) is 7.93. The highest BCUT2D eigenvalue weighted by Gasteiger charge is 2.20. The number of halogens is 6. The summed E-state index contributed by atoms with van der Waals surface area (Å²) in [5.74, 6) is -1.56. The van der Waals surface area contributed by atoms with E-state index < -0.39 is 17.8 Å². The second kappa shape index (κ2) is 9.94. The first-order valence-corrected chi connectivity index (χ1v) is 10.2. The van der Waals surface area contributed by atoms with Crippen LogP contribution in [-0.4, -0.2) is 11.9 Å². The number of carbonyl (C=O) groups excluding carboxylic acids is 2. The smallest absolute Gasteiger partial charge is 0.326 e. The van der Waals surface area contributed by atoms with Crippen molar-refractivity contribution in [2.75, 3.05) is 5.32 Å². The minimum absolute atomic E-state index is 0.0128. The minimum atomic E-state index is -0.978. The maximum atomic E-state index is 13.7. The zero-order valence-electron chi connectivity index (χ0n) is 15.1. The number of amides is 3. The van der Waals surface area contributed by atoms with Gasteiger partial charge >= 0.3 is 6.03 Å². The highest BCUT2D eigenvalue weighted by atomic mass is 35.5. The lowest BCUT2D eigenvalue weighted by atomic mass is 10.2. The fourth-order valence-corrected chi connectivity index (χ4v) is 3.44. The summed E-state index contributed by atoms with van der Waals surface area (Å²) in [6, 6.07) is 10.0. The third kappa shape index (κ3) is 5.53. The molecule has 0 fully saturated rings. The Labute approximate surface area is 200 Å². The third-order valence-corrected chi connectivity index (χ3v) is 5.49. The highest BCUT2D eigenvalue weighted by molar-refractivity contribution is 6.47. The van der Waals surface area contributed by atoms with Crippen molar-refractivity contribution >= 4 is 75.6 Å². The van der Waals surface area contributed by atoms with Crippen LogP contribution in [0.4, 0.5) is 14.9 Å². The van der Waals surface area contributed by atoms with Gasteiger partial charge in [-0.15, -0.1) is 0 Å². The molecule has 11 heteroatoms. The van der Waals surface area contributed by atoms with E-state index in [-0.39, 0.29) is 42.8 Å². The maximum absolute atomic E-state index is 13.7. The van der Waals surface area contributed by atoms with E-state index in [1.807, 2.05) is 5.32 Å². The molecule has 3 amide bonds. The predicted octanol–water partition coefficient (Wildman–Crippen LogP) is 7.85. The predicted molar refractivity (Wildman–Crippen MR) is 121 cm³/mol. The minimum Gasteiger partial charge on any atom is -0.453 e. The molecular weight excluding hydrogens is 512 g/mol. The van der Waals surface area contributed by atoms with Crippen LogP contribution in [0.5, 0.6) is 11.5 Å². The number of hydrogen-bond acceptors (Lipinski definition) is 3. The molecule has 0 unspecified atom stereocenters. The summed E-state index contributed by atoms with van der Waals surface area (Å²) >= 11 is 30.7. The van der Waals surface area contributed by atoms with Crippen LogP contribution in [-0.2, 0) is 0 Å². The zero-order chi connectivity index (χ0) is 22.7. The number of urea groups is 1. The molecule has 3 aromatic rings. The molecule has 0 spiro atoms. The lowest BCUT2D eigenvalue weighted by Gasteiger charge is -2.15. The molecule has 5 nitrogen and oxygen atoms in total. The molecule has 0 bridgehead atoms. The van der Waals surface area contributed by atoms with Crippen LogP contribution in [0.1, 0.15) is 10.4 Å². The van der Waals surface area contributed by atoms with Crippen molar-refractivity contribution in [3.05, 3.63) is 85.0 Å². The average Bonchev–Trinajstić information content (AvgIpc) is 2.71. The van der Waals surface area contributed by atoms with Crippen LogP contribution in [0, 0.1) is 5.82 Å². The lowest BCUT2D eigenvalue weighted by Crippen LogP contribution is -2.34. The number of anilines is 1. The van der Waals surface area contributed by atoms with Crippen LogP contribution in [0.15, 0.2) is 48.5 Å². The Bertz CT molecular complexity index is 1190. The van der Waals surface area contributed by atoms with Crippen LogP contribution in [0.25, 0.3) is 0 Å².